The molecule has 0 saturated carbocycles. The van der Waals surface area contributed by atoms with Crippen molar-refractivity contribution in [3.05, 3.63) is 29.3 Å². The molecule has 0 radical (unpaired) electrons. The Morgan fingerprint density at radius 2 is 2.09 bits per heavy atom. The topological polar surface area (TPSA) is 85.1 Å². The summed E-state index contributed by atoms with van der Waals surface area (Å²) < 4.78 is 1.12. The number of aromatic nitrogens is 1. The number of hydrogen-bond acceptors (Lipinski definition) is 4. The van der Waals surface area contributed by atoms with E-state index in [2.05, 4.69) is 10.3 Å². The number of carbonyl (C=O) groups excluding carboxylic acids is 2. The van der Waals surface area contributed by atoms with Crippen molar-refractivity contribution in [1.82, 2.24) is 10.3 Å². The average Bonchev–Trinajstić information content (AvgIpc) is 2.92. The number of nitrogens with two attached hydrogens (primary N) is 1. The van der Waals surface area contributed by atoms with E-state index < -0.39 is 11.9 Å². The van der Waals surface area contributed by atoms with Crippen LogP contribution in [0.3, 0.4) is 0 Å². The Kier molecular flexibility index (Phi) is 5.49. The first-order chi connectivity index (χ1) is 10.5. The highest BCUT2D eigenvalue weighted by Gasteiger charge is 2.23. The number of primary amides is 1. The van der Waals surface area contributed by atoms with Gasteiger partial charge in [-0.1, -0.05) is 32.4 Å². The minimum absolute atomic E-state index is 0.0314. The SMILES string of the molecule is CCC(C)C(NC(=O)CCc1nc2ccccc2s1)C(N)=O. The van der Waals surface area contributed by atoms with Gasteiger partial charge in [-0.05, 0) is 18.1 Å². The van der Waals surface area contributed by atoms with E-state index in [0.717, 1.165) is 21.6 Å². The first-order valence-corrected chi connectivity index (χ1v) is 8.26. The monoisotopic (exact) mass is 319 g/mol. The van der Waals surface area contributed by atoms with E-state index >= 15 is 0 Å². The molecule has 22 heavy (non-hydrogen) atoms. The van der Waals surface area contributed by atoms with Gasteiger partial charge in [0.2, 0.25) is 11.8 Å². The molecule has 0 aliphatic heterocycles. The zero-order chi connectivity index (χ0) is 16.1. The predicted octanol–water partition coefficient (Wildman–Crippen LogP) is 2.25. The Bertz CT molecular complexity index is 635. The summed E-state index contributed by atoms with van der Waals surface area (Å²) in [7, 11) is 0. The Morgan fingerprint density at radius 1 is 1.36 bits per heavy atom. The Morgan fingerprint density at radius 3 is 2.73 bits per heavy atom. The lowest BCUT2D eigenvalue weighted by Gasteiger charge is -2.20. The number of amides is 2. The van der Waals surface area contributed by atoms with Crippen LogP contribution in [0.25, 0.3) is 10.2 Å². The van der Waals surface area contributed by atoms with E-state index in [1.54, 1.807) is 11.3 Å². The molecule has 0 spiro atoms. The second kappa shape index (κ2) is 7.35. The number of carbonyl (C=O) groups is 2. The molecule has 0 fully saturated rings. The van der Waals surface area contributed by atoms with Crippen molar-refractivity contribution in [2.75, 3.05) is 0 Å². The van der Waals surface area contributed by atoms with Crippen LogP contribution in [0.1, 0.15) is 31.7 Å². The van der Waals surface area contributed by atoms with Crippen molar-refractivity contribution >= 4 is 33.4 Å². The van der Waals surface area contributed by atoms with Gasteiger partial charge in [0.05, 0.1) is 15.2 Å². The van der Waals surface area contributed by atoms with Crippen molar-refractivity contribution in [1.29, 1.82) is 0 Å². The highest BCUT2D eigenvalue weighted by Crippen LogP contribution is 2.22. The van der Waals surface area contributed by atoms with Crippen LogP contribution in [0.4, 0.5) is 0 Å². The molecule has 0 aliphatic carbocycles. The molecule has 2 amide bonds. The molecule has 0 saturated heterocycles. The smallest absolute Gasteiger partial charge is 0.240 e. The van der Waals surface area contributed by atoms with Crippen LogP contribution in [0, 0.1) is 5.92 Å². The molecular weight excluding hydrogens is 298 g/mol. The number of rotatable bonds is 7. The van der Waals surface area contributed by atoms with Crippen molar-refractivity contribution in [2.45, 2.75) is 39.2 Å². The second-order valence-electron chi connectivity index (χ2n) is 5.41. The lowest BCUT2D eigenvalue weighted by Crippen LogP contribution is -2.48. The average molecular weight is 319 g/mol. The first kappa shape index (κ1) is 16.4. The molecule has 2 aromatic rings. The normalized spacial score (nSPS) is 13.7. The molecule has 0 bridgehead atoms. The maximum atomic E-state index is 12.0. The number of nitrogens with zero attached hydrogens (tertiary/aromatic N) is 1. The number of nitrogens with one attached hydrogen (secondary N) is 1. The van der Waals surface area contributed by atoms with Gasteiger partial charge in [0.25, 0.3) is 0 Å². The molecule has 1 aromatic heterocycles. The number of aryl methyl sites for hydroxylation is 1. The van der Waals surface area contributed by atoms with Crippen molar-refractivity contribution < 1.29 is 9.59 Å². The van der Waals surface area contributed by atoms with Gasteiger partial charge >= 0.3 is 0 Å². The number of hydrogen-bond donors (Lipinski definition) is 2. The maximum absolute atomic E-state index is 12.0. The fraction of sp³-hybridized carbons (Fsp3) is 0.438. The third-order valence-corrected chi connectivity index (χ3v) is 4.84. The second-order valence-corrected chi connectivity index (χ2v) is 6.52. The van der Waals surface area contributed by atoms with E-state index in [-0.39, 0.29) is 11.8 Å². The Labute approximate surface area is 133 Å². The van der Waals surface area contributed by atoms with E-state index in [0.29, 0.717) is 12.8 Å². The molecule has 1 aromatic carbocycles. The fourth-order valence-electron chi connectivity index (χ4n) is 2.22. The maximum Gasteiger partial charge on any atom is 0.240 e. The van der Waals surface area contributed by atoms with Gasteiger partial charge in [-0.2, -0.15) is 0 Å². The van der Waals surface area contributed by atoms with E-state index in [4.69, 9.17) is 5.73 Å². The van der Waals surface area contributed by atoms with Gasteiger partial charge < -0.3 is 11.1 Å². The van der Waals surface area contributed by atoms with Crippen molar-refractivity contribution in [2.24, 2.45) is 11.7 Å². The minimum Gasteiger partial charge on any atom is -0.368 e. The van der Waals surface area contributed by atoms with Crippen molar-refractivity contribution in [3.63, 3.8) is 0 Å². The highest BCUT2D eigenvalue weighted by molar-refractivity contribution is 7.18. The molecule has 118 valence electrons. The summed E-state index contributed by atoms with van der Waals surface area (Å²) >= 11 is 1.59. The summed E-state index contributed by atoms with van der Waals surface area (Å²) in [5.74, 6) is -0.616. The van der Waals surface area contributed by atoms with Gasteiger partial charge in [-0.25, -0.2) is 4.98 Å². The van der Waals surface area contributed by atoms with E-state index in [1.807, 2.05) is 38.1 Å². The summed E-state index contributed by atoms with van der Waals surface area (Å²) in [6.45, 7) is 3.87. The number of thiazole rings is 1. The van der Waals surface area contributed by atoms with Crippen LogP contribution in [-0.4, -0.2) is 22.8 Å². The molecule has 1 heterocycles. The van der Waals surface area contributed by atoms with Crippen LogP contribution >= 0.6 is 11.3 Å². The number of fused-ring (bicyclic) bond motifs is 1. The summed E-state index contributed by atoms with van der Waals surface area (Å²) in [4.78, 5) is 27.9. The van der Waals surface area contributed by atoms with E-state index in [1.165, 1.54) is 0 Å². The molecule has 2 atom stereocenters. The third-order valence-electron chi connectivity index (χ3n) is 3.74. The molecule has 2 rings (SSSR count). The van der Waals surface area contributed by atoms with Gasteiger partial charge in [-0.3, -0.25) is 9.59 Å². The van der Waals surface area contributed by atoms with Gasteiger partial charge in [0.15, 0.2) is 0 Å². The third kappa shape index (κ3) is 4.04. The summed E-state index contributed by atoms with van der Waals surface area (Å²) in [5.41, 5.74) is 6.31. The van der Waals surface area contributed by atoms with Gasteiger partial charge in [0, 0.05) is 12.8 Å². The molecule has 6 heteroatoms. The molecule has 0 aliphatic rings. The minimum atomic E-state index is -0.604. The highest BCUT2D eigenvalue weighted by atomic mass is 32.1. The van der Waals surface area contributed by atoms with Gasteiger partial charge in [-0.15, -0.1) is 11.3 Å². The Balaban J connectivity index is 1.93. The van der Waals surface area contributed by atoms with Crippen LogP contribution in [0.15, 0.2) is 24.3 Å². The largest absolute Gasteiger partial charge is 0.368 e. The standard InChI is InChI=1S/C16H21N3O2S/c1-3-10(2)15(16(17)21)19-13(20)8-9-14-18-11-6-4-5-7-12(11)22-14/h4-7,10,15H,3,8-9H2,1-2H3,(H2,17,21)(H,19,20). The first-order valence-electron chi connectivity index (χ1n) is 7.44. The molecule has 5 nitrogen and oxygen atoms in total. The lowest BCUT2D eigenvalue weighted by atomic mass is 9.98. The van der Waals surface area contributed by atoms with Crippen LogP contribution in [0.5, 0.6) is 0 Å². The lowest BCUT2D eigenvalue weighted by molar-refractivity contribution is -0.128. The summed E-state index contributed by atoms with van der Waals surface area (Å²) in [6.07, 6.45) is 1.66. The van der Waals surface area contributed by atoms with Gasteiger partial charge in [0.1, 0.15) is 6.04 Å². The molecule has 2 unspecified atom stereocenters. The predicted molar refractivity (Wildman–Crippen MR) is 88.5 cm³/mol. The fourth-order valence-corrected chi connectivity index (χ4v) is 3.19. The summed E-state index contributed by atoms with van der Waals surface area (Å²) in [6, 6.07) is 7.29. The van der Waals surface area contributed by atoms with Crippen molar-refractivity contribution in [3.8, 4) is 0 Å². The van der Waals surface area contributed by atoms with Crippen LogP contribution in [-0.2, 0) is 16.0 Å². The number of benzene rings is 1. The number of para-hydroxylation sites is 1. The molecular formula is C16H21N3O2S. The molecule has 3 N–H and O–H groups in total. The zero-order valence-electron chi connectivity index (χ0n) is 12.8. The van der Waals surface area contributed by atoms with Crippen LogP contribution in [0.2, 0.25) is 0 Å². The van der Waals surface area contributed by atoms with E-state index in [9.17, 15) is 9.59 Å². The Hall–Kier alpha value is -1.95. The van der Waals surface area contributed by atoms with Crippen LogP contribution < -0.4 is 11.1 Å². The summed E-state index contributed by atoms with van der Waals surface area (Å²) in [5, 5.41) is 3.66. The zero-order valence-corrected chi connectivity index (χ0v) is 13.7. The quantitative estimate of drug-likeness (QED) is 0.821.